The molecule has 0 aromatic heterocycles. The highest BCUT2D eigenvalue weighted by Gasteiger charge is 2.46. The number of rotatable bonds is 5. The van der Waals surface area contributed by atoms with Gasteiger partial charge in [0.15, 0.2) is 11.5 Å². The maximum absolute atomic E-state index is 13.2. The maximum Gasteiger partial charge on any atom is 0.305 e. The zero-order chi connectivity index (χ0) is 23.1. The second-order valence-corrected chi connectivity index (χ2v) is 10.5. The minimum Gasteiger partial charge on any atom is -0.497 e. The van der Waals surface area contributed by atoms with Crippen molar-refractivity contribution >= 4 is 21.6 Å². The fraction of sp³-hybridized carbons (Fsp3) is 0.280. The lowest BCUT2D eigenvalue weighted by molar-refractivity contribution is -0.0459. The summed E-state index contributed by atoms with van der Waals surface area (Å²) in [6.07, 6.45) is 2.81. The third kappa shape index (κ3) is 3.94. The zero-order valence-electron chi connectivity index (χ0n) is 18.2. The summed E-state index contributed by atoms with van der Waals surface area (Å²) in [5.41, 5.74) is 1.47. The van der Waals surface area contributed by atoms with Gasteiger partial charge in [-0.1, -0.05) is 18.0 Å². The Morgan fingerprint density at radius 1 is 0.848 bits per heavy atom. The summed E-state index contributed by atoms with van der Waals surface area (Å²) in [6, 6.07) is 19.4. The first-order valence-corrected chi connectivity index (χ1v) is 12.7. The van der Waals surface area contributed by atoms with Gasteiger partial charge in [0.25, 0.3) is 0 Å². The molecule has 0 saturated carbocycles. The second kappa shape index (κ2) is 8.56. The van der Waals surface area contributed by atoms with E-state index in [1.54, 1.807) is 41.7 Å². The molecule has 0 N–H and O–H groups in total. The average molecular weight is 486 g/mol. The molecule has 1 fully saturated rings. The molecule has 2 heterocycles. The Morgan fingerprint density at radius 3 is 2.09 bits per heavy atom. The first-order valence-electron chi connectivity index (χ1n) is 10.9. The molecule has 3 aromatic rings. The van der Waals surface area contributed by atoms with E-state index in [1.165, 1.54) is 0 Å². The van der Waals surface area contributed by atoms with Crippen molar-refractivity contribution in [2.24, 2.45) is 0 Å². The molecular formula is C25H24ClNO5S. The van der Waals surface area contributed by atoms with Crippen LogP contribution in [0.15, 0.2) is 71.6 Å². The van der Waals surface area contributed by atoms with E-state index in [0.29, 0.717) is 35.4 Å². The van der Waals surface area contributed by atoms with Crippen LogP contribution in [0.4, 0.5) is 0 Å². The monoisotopic (exact) mass is 485 g/mol. The molecule has 1 atom stereocenters. The van der Waals surface area contributed by atoms with E-state index in [-0.39, 0.29) is 4.90 Å². The van der Waals surface area contributed by atoms with Gasteiger partial charge in [0.05, 0.1) is 12.0 Å². The molecule has 6 nitrogen and oxygen atoms in total. The number of piperidine rings is 1. The van der Waals surface area contributed by atoms with Gasteiger partial charge in [-0.25, -0.2) is 8.42 Å². The van der Waals surface area contributed by atoms with Gasteiger partial charge in [0, 0.05) is 35.3 Å². The number of hydrogen-bond donors (Lipinski definition) is 0. The average Bonchev–Trinajstić information content (AvgIpc) is 3.25. The number of fused-ring (bicyclic) bond motifs is 1. The minimum atomic E-state index is -3.60. The number of ether oxygens (including phenoxy) is 3. The molecule has 0 bridgehead atoms. The van der Waals surface area contributed by atoms with E-state index in [4.69, 9.17) is 25.8 Å². The van der Waals surface area contributed by atoms with Gasteiger partial charge in [-0.3, -0.25) is 0 Å². The number of nitrogens with zero attached hydrogens (tertiary/aromatic N) is 1. The van der Waals surface area contributed by atoms with Crippen LogP contribution in [-0.4, -0.2) is 32.9 Å². The SMILES string of the molecule is COc1ccc(C2(c3ccc(Cl)cc3)Oc3ccc(S(=O)(=O)N4CCCCC4)cc3O2)cc1. The molecule has 2 aliphatic rings. The molecule has 8 heteroatoms. The summed E-state index contributed by atoms with van der Waals surface area (Å²) >= 11 is 6.11. The van der Waals surface area contributed by atoms with Crippen LogP contribution in [-0.2, 0) is 15.8 Å². The highest BCUT2D eigenvalue weighted by molar-refractivity contribution is 7.89. The topological polar surface area (TPSA) is 65.1 Å². The van der Waals surface area contributed by atoms with Crippen molar-refractivity contribution in [3.8, 4) is 17.2 Å². The summed E-state index contributed by atoms with van der Waals surface area (Å²) < 4.78 is 46.0. The van der Waals surface area contributed by atoms with Crippen molar-refractivity contribution in [1.29, 1.82) is 0 Å². The molecule has 0 spiro atoms. The number of methoxy groups -OCH3 is 1. The van der Waals surface area contributed by atoms with Crippen LogP contribution < -0.4 is 14.2 Å². The molecular weight excluding hydrogens is 462 g/mol. The van der Waals surface area contributed by atoms with E-state index in [2.05, 4.69) is 0 Å². The predicted molar refractivity (Wildman–Crippen MR) is 126 cm³/mol. The fourth-order valence-corrected chi connectivity index (χ4v) is 5.94. The highest BCUT2D eigenvalue weighted by Crippen LogP contribution is 2.49. The molecule has 5 rings (SSSR count). The predicted octanol–water partition coefficient (Wildman–Crippen LogP) is 5.20. The Morgan fingerprint density at radius 2 is 1.45 bits per heavy atom. The molecule has 3 aromatic carbocycles. The summed E-state index contributed by atoms with van der Waals surface area (Å²) in [6.45, 7) is 1.08. The summed E-state index contributed by atoms with van der Waals surface area (Å²) in [4.78, 5) is 0.202. The molecule has 1 unspecified atom stereocenters. The van der Waals surface area contributed by atoms with Crippen molar-refractivity contribution in [2.45, 2.75) is 29.9 Å². The molecule has 33 heavy (non-hydrogen) atoms. The summed E-state index contributed by atoms with van der Waals surface area (Å²) in [5, 5.41) is 0.592. The van der Waals surface area contributed by atoms with E-state index in [0.717, 1.165) is 30.4 Å². The Bertz CT molecular complexity index is 1250. The Hall–Kier alpha value is -2.74. The van der Waals surface area contributed by atoms with Crippen LogP contribution >= 0.6 is 11.6 Å². The van der Waals surface area contributed by atoms with Crippen molar-refractivity contribution in [3.63, 3.8) is 0 Å². The Kier molecular flexibility index (Phi) is 5.72. The fourth-order valence-electron chi connectivity index (χ4n) is 4.28. The lowest BCUT2D eigenvalue weighted by Gasteiger charge is -2.29. The molecule has 0 radical (unpaired) electrons. The highest BCUT2D eigenvalue weighted by atomic mass is 35.5. The maximum atomic E-state index is 13.2. The molecule has 0 aliphatic carbocycles. The van der Waals surface area contributed by atoms with Gasteiger partial charge in [-0.05, 0) is 73.5 Å². The van der Waals surface area contributed by atoms with Crippen LogP contribution in [0.25, 0.3) is 0 Å². The number of hydrogen-bond acceptors (Lipinski definition) is 5. The Balaban J connectivity index is 1.56. The second-order valence-electron chi connectivity index (χ2n) is 8.13. The van der Waals surface area contributed by atoms with Gasteiger partial charge in [0.2, 0.25) is 10.0 Å². The van der Waals surface area contributed by atoms with E-state index in [1.807, 2.05) is 36.4 Å². The molecule has 172 valence electrons. The number of benzene rings is 3. The first-order chi connectivity index (χ1) is 15.9. The van der Waals surface area contributed by atoms with Gasteiger partial charge in [-0.2, -0.15) is 4.31 Å². The van der Waals surface area contributed by atoms with Crippen molar-refractivity contribution in [1.82, 2.24) is 4.31 Å². The summed E-state index contributed by atoms with van der Waals surface area (Å²) in [7, 11) is -2.00. The van der Waals surface area contributed by atoms with Gasteiger partial charge >= 0.3 is 5.79 Å². The van der Waals surface area contributed by atoms with E-state index < -0.39 is 15.8 Å². The Labute approximate surface area is 198 Å². The minimum absolute atomic E-state index is 0.202. The van der Waals surface area contributed by atoms with Crippen LogP contribution in [0.5, 0.6) is 17.2 Å². The molecule has 2 aliphatic heterocycles. The lowest BCUT2D eigenvalue weighted by Crippen LogP contribution is -2.36. The van der Waals surface area contributed by atoms with Crippen LogP contribution in [0.2, 0.25) is 5.02 Å². The number of halogens is 1. The van der Waals surface area contributed by atoms with E-state index in [9.17, 15) is 8.42 Å². The third-order valence-electron chi connectivity index (χ3n) is 6.07. The number of sulfonamides is 1. The molecule has 1 saturated heterocycles. The smallest absolute Gasteiger partial charge is 0.305 e. The lowest BCUT2D eigenvalue weighted by atomic mass is 9.97. The van der Waals surface area contributed by atoms with Gasteiger partial charge in [-0.15, -0.1) is 0 Å². The van der Waals surface area contributed by atoms with Gasteiger partial charge in [0.1, 0.15) is 5.75 Å². The standard InChI is InChI=1S/C25H24ClNO5S/c1-30-21-11-7-19(8-12-21)25(18-5-9-20(26)10-6-18)31-23-14-13-22(17-24(23)32-25)33(28,29)27-15-3-2-4-16-27/h5-14,17H,2-4,15-16H2,1H3. The van der Waals surface area contributed by atoms with Crippen LogP contribution in [0.1, 0.15) is 30.4 Å². The largest absolute Gasteiger partial charge is 0.497 e. The zero-order valence-corrected chi connectivity index (χ0v) is 19.7. The van der Waals surface area contributed by atoms with Crippen molar-refractivity contribution in [2.75, 3.05) is 20.2 Å². The van der Waals surface area contributed by atoms with Crippen molar-refractivity contribution in [3.05, 3.63) is 82.9 Å². The third-order valence-corrected chi connectivity index (χ3v) is 8.22. The quantitative estimate of drug-likeness (QED) is 0.497. The van der Waals surface area contributed by atoms with Crippen LogP contribution in [0, 0.1) is 0 Å². The molecule has 0 amide bonds. The van der Waals surface area contributed by atoms with Gasteiger partial charge < -0.3 is 14.2 Å². The van der Waals surface area contributed by atoms with E-state index >= 15 is 0 Å². The first kappa shape index (κ1) is 22.1. The van der Waals surface area contributed by atoms with Crippen molar-refractivity contribution < 1.29 is 22.6 Å². The summed E-state index contributed by atoms with van der Waals surface area (Å²) in [5.74, 6) is 0.264. The van der Waals surface area contributed by atoms with Crippen LogP contribution in [0.3, 0.4) is 0 Å². The normalized spacial score (nSPS) is 20.5.